The van der Waals surface area contributed by atoms with Gasteiger partial charge in [0.25, 0.3) is 0 Å². The minimum atomic E-state index is -0.341. The van der Waals surface area contributed by atoms with Crippen molar-refractivity contribution in [2.24, 2.45) is 0 Å². The van der Waals surface area contributed by atoms with Gasteiger partial charge in [-0.25, -0.2) is 4.98 Å². The molecule has 0 aliphatic heterocycles. The molecule has 1 aromatic carbocycles. The van der Waals surface area contributed by atoms with Gasteiger partial charge >= 0.3 is 0 Å². The molecule has 0 aliphatic rings. The number of nitrogens with zero attached hydrogens (tertiary/aromatic N) is 2. The van der Waals surface area contributed by atoms with Gasteiger partial charge in [0.1, 0.15) is 11.6 Å². The standard InChI is InChI=1S/C16H11ClN4O/c17-15-6-5-12-14(20-15)9-13(19-12)10-3-1-2-4-11(10)21-16(22)7-8-18/h1-6,9,19H,7H2,(H,21,22). The van der Waals surface area contributed by atoms with Crippen LogP contribution in [-0.4, -0.2) is 15.9 Å². The Labute approximate surface area is 131 Å². The van der Waals surface area contributed by atoms with Crippen LogP contribution in [0.5, 0.6) is 0 Å². The molecule has 5 nitrogen and oxygen atoms in total. The lowest BCUT2D eigenvalue weighted by Gasteiger charge is -2.08. The molecule has 3 rings (SSSR count). The second kappa shape index (κ2) is 5.88. The third-order valence-corrected chi connectivity index (χ3v) is 3.38. The number of pyridine rings is 1. The summed E-state index contributed by atoms with van der Waals surface area (Å²) in [6.07, 6.45) is -0.182. The van der Waals surface area contributed by atoms with Crippen molar-refractivity contribution in [2.45, 2.75) is 6.42 Å². The molecule has 0 saturated carbocycles. The number of aromatic nitrogens is 2. The summed E-state index contributed by atoms with van der Waals surface area (Å²) in [5, 5.41) is 11.7. The van der Waals surface area contributed by atoms with Crippen molar-refractivity contribution in [3.8, 4) is 17.3 Å². The Kier molecular flexibility index (Phi) is 3.77. The van der Waals surface area contributed by atoms with E-state index in [9.17, 15) is 4.79 Å². The van der Waals surface area contributed by atoms with Gasteiger partial charge in [0, 0.05) is 5.56 Å². The number of halogens is 1. The minimum absolute atomic E-state index is 0.182. The highest BCUT2D eigenvalue weighted by molar-refractivity contribution is 6.29. The molecule has 2 N–H and O–H groups in total. The Balaban J connectivity index is 2.03. The molecule has 1 amide bonds. The zero-order valence-electron chi connectivity index (χ0n) is 11.4. The first-order valence-electron chi connectivity index (χ1n) is 6.59. The average molecular weight is 311 g/mol. The topological polar surface area (TPSA) is 81.6 Å². The predicted molar refractivity (Wildman–Crippen MR) is 85.4 cm³/mol. The van der Waals surface area contributed by atoms with Crippen molar-refractivity contribution in [3.05, 3.63) is 47.6 Å². The second-order valence-corrected chi connectivity index (χ2v) is 5.07. The van der Waals surface area contributed by atoms with Crippen LogP contribution in [0.25, 0.3) is 22.3 Å². The van der Waals surface area contributed by atoms with E-state index in [-0.39, 0.29) is 12.3 Å². The largest absolute Gasteiger partial charge is 0.353 e. The number of para-hydroxylation sites is 1. The number of carbonyl (C=O) groups excluding carboxylic acids is 1. The number of aromatic amines is 1. The molecule has 22 heavy (non-hydrogen) atoms. The van der Waals surface area contributed by atoms with E-state index in [2.05, 4.69) is 15.3 Å². The highest BCUT2D eigenvalue weighted by atomic mass is 35.5. The number of nitriles is 1. The zero-order valence-corrected chi connectivity index (χ0v) is 12.2. The van der Waals surface area contributed by atoms with Crippen LogP contribution in [-0.2, 0) is 4.79 Å². The molecule has 0 radical (unpaired) electrons. The van der Waals surface area contributed by atoms with Crippen molar-refractivity contribution >= 4 is 34.2 Å². The fourth-order valence-corrected chi connectivity index (χ4v) is 2.38. The first-order valence-corrected chi connectivity index (χ1v) is 6.96. The molecule has 0 fully saturated rings. The summed E-state index contributed by atoms with van der Waals surface area (Å²) in [6, 6.07) is 14.6. The summed E-state index contributed by atoms with van der Waals surface area (Å²) < 4.78 is 0. The van der Waals surface area contributed by atoms with Gasteiger partial charge in [0.2, 0.25) is 5.91 Å². The summed E-state index contributed by atoms with van der Waals surface area (Å²) in [6.45, 7) is 0. The van der Waals surface area contributed by atoms with Crippen LogP contribution >= 0.6 is 11.6 Å². The summed E-state index contributed by atoms with van der Waals surface area (Å²) in [4.78, 5) is 19.1. The van der Waals surface area contributed by atoms with E-state index >= 15 is 0 Å². The highest BCUT2D eigenvalue weighted by Gasteiger charge is 2.11. The van der Waals surface area contributed by atoms with E-state index in [0.29, 0.717) is 10.8 Å². The van der Waals surface area contributed by atoms with Crippen LogP contribution in [0, 0.1) is 11.3 Å². The number of hydrogen-bond acceptors (Lipinski definition) is 3. The molecule has 6 heteroatoms. The van der Waals surface area contributed by atoms with Gasteiger partial charge in [-0.3, -0.25) is 4.79 Å². The molecule has 3 aromatic rings. The van der Waals surface area contributed by atoms with E-state index < -0.39 is 0 Å². The molecule has 108 valence electrons. The van der Waals surface area contributed by atoms with Gasteiger partial charge in [-0.05, 0) is 24.3 Å². The Morgan fingerprint density at radius 1 is 1.32 bits per heavy atom. The number of nitrogens with one attached hydrogen (secondary N) is 2. The van der Waals surface area contributed by atoms with E-state index in [1.54, 1.807) is 12.1 Å². The van der Waals surface area contributed by atoms with Crippen molar-refractivity contribution in [2.75, 3.05) is 5.32 Å². The van der Waals surface area contributed by atoms with Gasteiger partial charge in [-0.2, -0.15) is 5.26 Å². The molecule has 0 unspecified atom stereocenters. The van der Waals surface area contributed by atoms with E-state index in [0.717, 1.165) is 22.3 Å². The Morgan fingerprint density at radius 3 is 2.95 bits per heavy atom. The van der Waals surface area contributed by atoms with E-state index in [1.807, 2.05) is 36.4 Å². The first kappa shape index (κ1) is 14.1. The van der Waals surface area contributed by atoms with Crippen LogP contribution in [0.15, 0.2) is 42.5 Å². The number of hydrogen-bond donors (Lipinski definition) is 2. The normalized spacial score (nSPS) is 10.4. The summed E-state index contributed by atoms with van der Waals surface area (Å²) in [5.41, 5.74) is 3.89. The number of carbonyl (C=O) groups is 1. The lowest BCUT2D eigenvalue weighted by molar-refractivity contribution is -0.115. The molecular formula is C16H11ClN4O. The molecule has 0 saturated heterocycles. The lowest BCUT2D eigenvalue weighted by atomic mass is 10.1. The molecular weight excluding hydrogens is 300 g/mol. The molecule has 2 aromatic heterocycles. The van der Waals surface area contributed by atoms with Crippen LogP contribution in [0.4, 0.5) is 5.69 Å². The molecule has 2 heterocycles. The van der Waals surface area contributed by atoms with Gasteiger partial charge < -0.3 is 10.3 Å². The van der Waals surface area contributed by atoms with Crippen molar-refractivity contribution < 1.29 is 4.79 Å². The molecule has 0 atom stereocenters. The summed E-state index contributed by atoms with van der Waals surface area (Å²) in [7, 11) is 0. The summed E-state index contributed by atoms with van der Waals surface area (Å²) >= 11 is 5.90. The first-order chi connectivity index (χ1) is 10.7. The van der Waals surface area contributed by atoms with E-state index in [4.69, 9.17) is 16.9 Å². The predicted octanol–water partition coefficient (Wildman–Crippen LogP) is 3.74. The van der Waals surface area contributed by atoms with Gasteiger partial charge in [-0.15, -0.1) is 0 Å². The van der Waals surface area contributed by atoms with Gasteiger partial charge in [0.15, 0.2) is 0 Å². The van der Waals surface area contributed by atoms with Crippen LogP contribution in [0.3, 0.4) is 0 Å². The zero-order chi connectivity index (χ0) is 15.5. The third kappa shape index (κ3) is 2.78. The Hall–Kier alpha value is -2.84. The molecule has 0 bridgehead atoms. The maximum atomic E-state index is 11.6. The monoisotopic (exact) mass is 310 g/mol. The minimum Gasteiger partial charge on any atom is -0.353 e. The van der Waals surface area contributed by atoms with Gasteiger partial charge in [-0.1, -0.05) is 29.8 Å². The lowest BCUT2D eigenvalue weighted by Crippen LogP contribution is -2.10. The number of H-pyrrole nitrogens is 1. The number of benzene rings is 1. The quantitative estimate of drug-likeness (QED) is 0.723. The smallest absolute Gasteiger partial charge is 0.238 e. The number of fused-ring (bicyclic) bond motifs is 1. The van der Waals surface area contributed by atoms with Crippen molar-refractivity contribution in [1.29, 1.82) is 5.26 Å². The summed E-state index contributed by atoms with van der Waals surface area (Å²) in [5.74, 6) is -0.341. The fourth-order valence-electron chi connectivity index (χ4n) is 2.22. The Bertz CT molecular complexity index is 895. The second-order valence-electron chi connectivity index (χ2n) is 4.68. The van der Waals surface area contributed by atoms with Crippen LogP contribution in [0.2, 0.25) is 5.15 Å². The SMILES string of the molecule is N#CCC(=O)Nc1ccccc1-c1cc2nc(Cl)ccc2[nH]1. The number of amides is 1. The average Bonchev–Trinajstić information content (AvgIpc) is 2.90. The number of rotatable bonds is 3. The number of anilines is 1. The van der Waals surface area contributed by atoms with Crippen molar-refractivity contribution in [1.82, 2.24) is 9.97 Å². The fraction of sp³-hybridized carbons (Fsp3) is 0.0625. The third-order valence-electron chi connectivity index (χ3n) is 3.17. The van der Waals surface area contributed by atoms with E-state index in [1.165, 1.54) is 0 Å². The van der Waals surface area contributed by atoms with Crippen LogP contribution < -0.4 is 5.32 Å². The van der Waals surface area contributed by atoms with Crippen molar-refractivity contribution in [3.63, 3.8) is 0 Å². The molecule has 0 spiro atoms. The Morgan fingerprint density at radius 2 is 2.14 bits per heavy atom. The van der Waals surface area contributed by atoms with Crippen LogP contribution in [0.1, 0.15) is 6.42 Å². The molecule has 0 aliphatic carbocycles. The maximum Gasteiger partial charge on any atom is 0.238 e. The van der Waals surface area contributed by atoms with Gasteiger partial charge in [0.05, 0.1) is 28.5 Å². The maximum absolute atomic E-state index is 11.6. The highest BCUT2D eigenvalue weighted by Crippen LogP contribution is 2.30.